The monoisotopic (exact) mass is 364 g/mol. The highest BCUT2D eigenvalue weighted by molar-refractivity contribution is 9.13. The number of thiophene rings is 1. The Morgan fingerprint density at radius 1 is 1.44 bits per heavy atom. The van der Waals surface area contributed by atoms with Gasteiger partial charge in [0.25, 0.3) is 0 Å². The van der Waals surface area contributed by atoms with Crippen LogP contribution in [-0.2, 0) is 0 Å². The molecular weight excluding hydrogens is 352 g/mol. The summed E-state index contributed by atoms with van der Waals surface area (Å²) in [4.78, 5) is 3.81. The number of halogens is 2. The van der Waals surface area contributed by atoms with Gasteiger partial charge in [0, 0.05) is 35.5 Å². The van der Waals surface area contributed by atoms with Crippen molar-refractivity contribution in [2.45, 2.75) is 6.04 Å². The van der Waals surface area contributed by atoms with E-state index in [0.29, 0.717) is 6.04 Å². The van der Waals surface area contributed by atoms with Crippen molar-refractivity contribution in [2.75, 3.05) is 26.2 Å². The maximum absolute atomic E-state index is 3.97. The average Bonchev–Trinajstić information content (AvgIpc) is 2.61. The molecule has 2 nitrogen and oxygen atoms in total. The molecule has 0 aliphatic carbocycles. The largest absolute Gasteiger partial charge is 0.314 e. The van der Waals surface area contributed by atoms with Crippen molar-refractivity contribution in [2.24, 2.45) is 0 Å². The van der Waals surface area contributed by atoms with E-state index in [1.54, 1.807) is 11.3 Å². The van der Waals surface area contributed by atoms with Crippen molar-refractivity contribution in [3.8, 4) is 0 Å². The van der Waals surface area contributed by atoms with E-state index in [4.69, 9.17) is 0 Å². The van der Waals surface area contributed by atoms with Crippen LogP contribution in [0, 0.1) is 0 Å². The van der Waals surface area contributed by atoms with Crippen molar-refractivity contribution in [1.82, 2.24) is 10.2 Å². The van der Waals surface area contributed by atoms with Crippen LogP contribution >= 0.6 is 43.2 Å². The van der Waals surface area contributed by atoms with Gasteiger partial charge in [-0.05, 0) is 37.9 Å². The molecule has 1 N–H and O–H groups in total. The van der Waals surface area contributed by atoms with E-state index in [-0.39, 0.29) is 0 Å². The van der Waals surface area contributed by atoms with Crippen LogP contribution < -0.4 is 5.32 Å². The molecule has 0 saturated carbocycles. The van der Waals surface area contributed by atoms with Crippen LogP contribution in [0.25, 0.3) is 0 Å². The van der Waals surface area contributed by atoms with Crippen LogP contribution in [0.3, 0.4) is 0 Å². The molecule has 0 aromatic carbocycles. The molecule has 1 aromatic rings. The second-order valence-electron chi connectivity index (χ2n) is 3.74. The summed E-state index contributed by atoms with van der Waals surface area (Å²) in [6, 6.07) is 2.53. The first kappa shape index (κ1) is 12.8. The lowest BCUT2D eigenvalue weighted by Gasteiger charge is -2.32. The Kier molecular flexibility index (Phi) is 4.61. The van der Waals surface area contributed by atoms with Gasteiger partial charge >= 0.3 is 0 Å². The first-order chi connectivity index (χ1) is 7.72. The molecule has 16 heavy (non-hydrogen) atoms. The van der Waals surface area contributed by atoms with E-state index in [9.17, 15) is 0 Å². The Hall–Kier alpha value is 0.320. The van der Waals surface area contributed by atoms with Crippen molar-refractivity contribution >= 4 is 43.2 Å². The molecule has 0 bridgehead atoms. The maximum atomic E-state index is 3.97. The van der Waals surface area contributed by atoms with Gasteiger partial charge < -0.3 is 5.32 Å². The molecule has 1 aromatic heterocycles. The Morgan fingerprint density at radius 2 is 2.12 bits per heavy atom. The molecule has 1 aliphatic rings. The van der Waals surface area contributed by atoms with Crippen molar-refractivity contribution in [3.63, 3.8) is 0 Å². The summed E-state index contributed by atoms with van der Waals surface area (Å²) < 4.78 is 2.29. The van der Waals surface area contributed by atoms with Gasteiger partial charge in [0.05, 0.1) is 9.83 Å². The SMILES string of the molecule is C=C[C@@H](c1cc(Br)c(Br)s1)N1CCNCC1. The molecule has 2 heterocycles. The summed E-state index contributed by atoms with van der Waals surface area (Å²) in [6.07, 6.45) is 2.04. The van der Waals surface area contributed by atoms with Crippen LogP contribution in [-0.4, -0.2) is 31.1 Å². The highest BCUT2D eigenvalue weighted by Gasteiger charge is 2.21. The highest BCUT2D eigenvalue weighted by Crippen LogP contribution is 2.37. The maximum Gasteiger partial charge on any atom is 0.0843 e. The minimum Gasteiger partial charge on any atom is -0.314 e. The van der Waals surface area contributed by atoms with Gasteiger partial charge in [-0.3, -0.25) is 4.90 Å². The second kappa shape index (κ2) is 5.78. The second-order valence-corrected chi connectivity index (χ2v) is 6.99. The van der Waals surface area contributed by atoms with E-state index in [0.717, 1.165) is 34.4 Å². The fraction of sp³-hybridized carbons (Fsp3) is 0.455. The third-order valence-electron chi connectivity index (χ3n) is 2.72. The Labute approximate surface area is 117 Å². The average molecular weight is 366 g/mol. The number of nitrogens with zero attached hydrogens (tertiary/aromatic N) is 1. The van der Waals surface area contributed by atoms with Crippen LogP contribution in [0.4, 0.5) is 0 Å². The summed E-state index contributed by atoms with van der Waals surface area (Å²) in [6.45, 7) is 8.27. The van der Waals surface area contributed by atoms with Crippen LogP contribution in [0.1, 0.15) is 10.9 Å². The summed E-state index contributed by atoms with van der Waals surface area (Å²) in [5.41, 5.74) is 0. The van der Waals surface area contributed by atoms with Gasteiger partial charge in [-0.15, -0.1) is 17.9 Å². The fourth-order valence-electron chi connectivity index (χ4n) is 1.91. The van der Waals surface area contributed by atoms with Crippen molar-refractivity contribution < 1.29 is 0 Å². The number of hydrogen-bond donors (Lipinski definition) is 1. The van der Waals surface area contributed by atoms with Gasteiger partial charge in [0.15, 0.2) is 0 Å². The van der Waals surface area contributed by atoms with E-state index >= 15 is 0 Å². The zero-order valence-electron chi connectivity index (χ0n) is 8.88. The summed E-state index contributed by atoms with van der Waals surface area (Å²) in [7, 11) is 0. The molecule has 2 rings (SSSR count). The number of nitrogens with one attached hydrogen (secondary N) is 1. The summed E-state index contributed by atoms with van der Waals surface area (Å²) in [5, 5.41) is 3.37. The molecule has 1 atom stereocenters. The molecule has 1 saturated heterocycles. The van der Waals surface area contributed by atoms with Crippen LogP contribution in [0.2, 0.25) is 0 Å². The van der Waals surface area contributed by atoms with Gasteiger partial charge in [-0.2, -0.15) is 0 Å². The fourth-order valence-corrected chi connectivity index (χ4v) is 4.14. The third-order valence-corrected chi connectivity index (χ3v) is 6.05. The summed E-state index contributed by atoms with van der Waals surface area (Å²) >= 11 is 8.86. The Balaban J connectivity index is 2.17. The zero-order valence-corrected chi connectivity index (χ0v) is 12.9. The van der Waals surface area contributed by atoms with E-state index in [1.807, 2.05) is 6.08 Å². The standard InChI is InChI=1S/C11H14Br2N2S/c1-2-9(15-5-3-14-4-6-15)10-7-8(12)11(13)16-10/h2,7,9,14H,1,3-6H2/t9-/m0/s1. The summed E-state index contributed by atoms with van der Waals surface area (Å²) in [5.74, 6) is 0. The Morgan fingerprint density at radius 3 is 2.62 bits per heavy atom. The molecule has 1 fully saturated rings. The molecule has 0 amide bonds. The minimum atomic E-state index is 0.342. The van der Waals surface area contributed by atoms with E-state index in [2.05, 4.69) is 54.7 Å². The van der Waals surface area contributed by atoms with Crippen molar-refractivity contribution in [3.05, 3.63) is 31.9 Å². The molecule has 88 valence electrons. The molecule has 0 spiro atoms. The normalized spacial score (nSPS) is 19.6. The quantitative estimate of drug-likeness (QED) is 0.825. The first-order valence-electron chi connectivity index (χ1n) is 5.24. The molecule has 5 heteroatoms. The smallest absolute Gasteiger partial charge is 0.0843 e. The van der Waals surface area contributed by atoms with E-state index in [1.165, 1.54) is 4.88 Å². The number of rotatable bonds is 3. The van der Waals surface area contributed by atoms with Gasteiger partial charge in [-0.1, -0.05) is 6.08 Å². The van der Waals surface area contributed by atoms with Gasteiger partial charge in [0.1, 0.15) is 0 Å². The topological polar surface area (TPSA) is 15.3 Å². The molecular formula is C11H14Br2N2S. The minimum absolute atomic E-state index is 0.342. The molecule has 1 aliphatic heterocycles. The lowest BCUT2D eigenvalue weighted by molar-refractivity contribution is 0.206. The van der Waals surface area contributed by atoms with Gasteiger partial charge in [-0.25, -0.2) is 0 Å². The lowest BCUT2D eigenvalue weighted by Crippen LogP contribution is -2.44. The molecule has 0 unspecified atom stereocenters. The lowest BCUT2D eigenvalue weighted by atomic mass is 10.2. The van der Waals surface area contributed by atoms with Crippen LogP contribution in [0.5, 0.6) is 0 Å². The third kappa shape index (κ3) is 2.76. The van der Waals surface area contributed by atoms with E-state index < -0.39 is 0 Å². The molecule has 0 radical (unpaired) electrons. The predicted octanol–water partition coefficient (Wildman–Crippen LogP) is 3.41. The Bertz CT molecular complexity index is 353. The van der Waals surface area contributed by atoms with Crippen LogP contribution in [0.15, 0.2) is 27.0 Å². The predicted molar refractivity (Wildman–Crippen MR) is 77.1 cm³/mol. The highest BCUT2D eigenvalue weighted by atomic mass is 79.9. The van der Waals surface area contributed by atoms with Crippen molar-refractivity contribution in [1.29, 1.82) is 0 Å². The first-order valence-corrected chi connectivity index (χ1v) is 7.64. The zero-order chi connectivity index (χ0) is 11.5. The van der Waals surface area contributed by atoms with Gasteiger partial charge in [0.2, 0.25) is 0 Å². The number of piperazine rings is 1. The number of hydrogen-bond acceptors (Lipinski definition) is 3.